The van der Waals surface area contributed by atoms with E-state index in [1.807, 2.05) is 50.2 Å². The molecule has 220 valence electrons. The molecule has 4 rings (SSSR count). The Labute approximate surface area is 243 Å². The van der Waals surface area contributed by atoms with Crippen LogP contribution in [0.3, 0.4) is 0 Å². The van der Waals surface area contributed by atoms with Crippen LogP contribution in [0.5, 0.6) is 5.75 Å². The number of nitrogen functional groups attached to an aromatic ring is 1. The Balaban J connectivity index is 0.000000351. The number of nitrogens with zero attached hydrogens (tertiary/aromatic N) is 5. The van der Waals surface area contributed by atoms with Gasteiger partial charge in [-0.3, -0.25) is 4.79 Å². The predicted molar refractivity (Wildman–Crippen MR) is 166 cm³/mol. The number of aromatic nitrogens is 4. The molecule has 0 spiro atoms. The van der Waals surface area contributed by atoms with E-state index in [9.17, 15) is 9.18 Å². The van der Waals surface area contributed by atoms with E-state index in [-0.39, 0.29) is 11.6 Å². The van der Waals surface area contributed by atoms with Crippen molar-refractivity contribution in [3.05, 3.63) is 71.8 Å². The molecule has 4 aromatic rings. The summed E-state index contributed by atoms with van der Waals surface area (Å²) < 4.78 is 20.8. The summed E-state index contributed by atoms with van der Waals surface area (Å²) in [6, 6.07) is 10.6. The van der Waals surface area contributed by atoms with Crippen molar-refractivity contribution in [2.45, 2.75) is 48.0 Å². The van der Waals surface area contributed by atoms with Crippen molar-refractivity contribution in [1.82, 2.24) is 24.6 Å². The van der Waals surface area contributed by atoms with Gasteiger partial charge in [-0.05, 0) is 82.3 Å². The number of hydrogen-bond acceptors (Lipinski definition) is 7. The molecule has 9 heteroatoms. The van der Waals surface area contributed by atoms with Crippen LogP contribution < -0.4 is 10.5 Å². The standard InChI is InChI=1S/C20H18FN5O.C7H13NO.C5H12/c1-11-4-5-13(9-16(11)27-3)18-17-19(22)23-10-24-20(17)26(25-18)14-6-7-15(21)12(2)8-14;1-7(9)5-4-6-8(2)3;1-4-5(2)3/h4-10H,1-3H3,(H2,22,23,24);4-5H,6H2,1-3H3;5H,4H2,1-3H3/b;5-4+;. The molecule has 0 atom stereocenters. The molecule has 0 amide bonds. The van der Waals surface area contributed by atoms with Crippen molar-refractivity contribution in [3.8, 4) is 22.7 Å². The van der Waals surface area contributed by atoms with Gasteiger partial charge >= 0.3 is 0 Å². The number of aryl methyl sites for hydroxylation is 2. The van der Waals surface area contributed by atoms with Gasteiger partial charge in [0.15, 0.2) is 11.4 Å². The van der Waals surface area contributed by atoms with Gasteiger partial charge < -0.3 is 15.4 Å². The Kier molecular flexibility index (Phi) is 12.6. The summed E-state index contributed by atoms with van der Waals surface area (Å²) in [5.74, 6) is 1.81. The van der Waals surface area contributed by atoms with Gasteiger partial charge in [0.05, 0.1) is 18.2 Å². The van der Waals surface area contributed by atoms with Gasteiger partial charge in [-0.15, -0.1) is 0 Å². The second-order valence-corrected chi connectivity index (χ2v) is 10.4. The maximum absolute atomic E-state index is 13.7. The highest BCUT2D eigenvalue weighted by molar-refractivity contribution is 5.99. The van der Waals surface area contributed by atoms with E-state index in [4.69, 9.17) is 15.6 Å². The minimum atomic E-state index is -0.271. The number of carbonyl (C=O) groups excluding carboxylic acids is 1. The zero-order valence-corrected chi connectivity index (χ0v) is 25.7. The van der Waals surface area contributed by atoms with Crippen molar-refractivity contribution in [3.63, 3.8) is 0 Å². The van der Waals surface area contributed by atoms with E-state index in [2.05, 4.69) is 30.7 Å². The quantitative estimate of drug-likeness (QED) is 0.254. The highest BCUT2D eigenvalue weighted by atomic mass is 19.1. The number of halogens is 1. The van der Waals surface area contributed by atoms with Crippen LogP contribution in [0.15, 0.2) is 54.9 Å². The summed E-state index contributed by atoms with van der Waals surface area (Å²) in [6.45, 7) is 12.7. The summed E-state index contributed by atoms with van der Waals surface area (Å²) >= 11 is 0. The van der Waals surface area contributed by atoms with Crippen molar-refractivity contribution in [2.75, 3.05) is 33.5 Å². The molecule has 0 unspecified atom stereocenters. The number of likely N-dealkylation sites (N-methyl/N-ethyl adjacent to an activating group) is 1. The van der Waals surface area contributed by atoms with E-state index < -0.39 is 0 Å². The zero-order valence-electron chi connectivity index (χ0n) is 25.7. The smallest absolute Gasteiger partial charge is 0.169 e. The first kappa shape index (κ1) is 33.1. The first-order valence-electron chi connectivity index (χ1n) is 13.6. The maximum Gasteiger partial charge on any atom is 0.169 e. The molecule has 8 nitrogen and oxygen atoms in total. The van der Waals surface area contributed by atoms with Crippen molar-refractivity contribution in [1.29, 1.82) is 0 Å². The first-order chi connectivity index (χ1) is 19.4. The molecule has 2 aromatic carbocycles. The van der Waals surface area contributed by atoms with Gasteiger partial charge in [0.25, 0.3) is 0 Å². The Morgan fingerprint density at radius 1 is 1.12 bits per heavy atom. The van der Waals surface area contributed by atoms with Crippen LogP contribution in [0.4, 0.5) is 10.2 Å². The number of anilines is 1. The normalized spacial score (nSPS) is 10.9. The van der Waals surface area contributed by atoms with Crippen LogP contribution >= 0.6 is 0 Å². The monoisotopic (exact) mass is 562 g/mol. The molecule has 0 aliphatic rings. The Bertz CT molecular complexity index is 1480. The largest absolute Gasteiger partial charge is 0.496 e. The first-order valence-corrected chi connectivity index (χ1v) is 13.6. The number of methoxy groups -OCH3 is 1. The number of carbonyl (C=O) groups is 1. The molecule has 0 aliphatic carbocycles. The lowest BCUT2D eigenvalue weighted by Gasteiger charge is -2.06. The molecule has 2 heterocycles. The van der Waals surface area contributed by atoms with Gasteiger partial charge in [0, 0.05) is 12.1 Å². The Hall–Kier alpha value is -4.11. The van der Waals surface area contributed by atoms with E-state index in [1.165, 1.54) is 18.8 Å². The van der Waals surface area contributed by atoms with Crippen LogP contribution in [0.2, 0.25) is 0 Å². The molecule has 41 heavy (non-hydrogen) atoms. The van der Waals surface area contributed by atoms with Crippen molar-refractivity contribution in [2.24, 2.45) is 5.92 Å². The molecular weight excluding hydrogens is 519 g/mol. The molecule has 2 aromatic heterocycles. The highest BCUT2D eigenvalue weighted by Crippen LogP contribution is 2.34. The van der Waals surface area contributed by atoms with Gasteiger partial charge in [-0.1, -0.05) is 45.4 Å². The third kappa shape index (κ3) is 9.49. The topological polar surface area (TPSA) is 99.2 Å². The lowest BCUT2D eigenvalue weighted by Crippen LogP contribution is -2.10. The fourth-order valence-corrected chi connectivity index (χ4v) is 3.51. The number of allylic oxidation sites excluding steroid dienone is 1. The van der Waals surface area contributed by atoms with E-state index in [0.29, 0.717) is 33.8 Å². The van der Waals surface area contributed by atoms with Gasteiger partial charge in [0.2, 0.25) is 0 Å². The highest BCUT2D eigenvalue weighted by Gasteiger charge is 2.19. The molecule has 0 fully saturated rings. The third-order valence-corrected chi connectivity index (χ3v) is 6.20. The molecule has 2 N–H and O–H groups in total. The summed E-state index contributed by atoms with van der Waals surface area (Å²) in [5, 5.41) is 5.37. The number of fused-ring (bicyclic) bond motifs is 1. The fraction of sp³-hybridized carbons (Fsp3) is 0.375. The van der Waals surface area contributed by atoms with Gasteiger partial charge in [-0.2, -0.15) is 5.10 Å². The fourth-order valence-electron chi connectivity index (χ4n) is 3.51. The second kappa shape index (κ2) is 15.6. The van der Waals surface area contributed by atoms with E-state index in [1.54, 1.807) is 43.8 Å². The zero-order chi connectivity index (χ0) is 30.7. The summed E-state index contributed by atoms with van der Waals surface area (Å²) in [4.78, 5) is 20.8. The molecule has 0 aliphatic heterocycles. The SMILES string of the molecule is CC(=O)/C=C/CN(C)C.CCC(C)C.COc1cc(-c2nn(-c3ccc(F)c(C)c3)c3ncnc(N)c23)ccc1C. The maximum atomic E-state index is 13.7. The number of benzene rings is 2. The van der Waals surface area contributed by atoms with Gasteiger partial charge in [-0.25, -0.2) is 19.0 Å². The lowest BCUT2D eigenvalue weighted by atomic mass is 10.1. The predicted octanol–water partition coefficient (Wildman–Crippen LogP) is 6.57. The number of nitrogens with two attached hydrogens (primary N) is 1. The average molecular weight is 563 g/mol. The summed E-state index contributed by atoms with van der Waals surface area (Å²) in [5.41, 5.74) is 10.4. The molecular formula is C32H43FN6O2. The van der Waals surface area contributed by atoms with E-state index >= 15 is 0 Å². The number of ketones is 1. The van der Waals surface area contributed by atoms with Crippen LogP contribution in [-0.2, 0) is 4.79 Å². The summed E-state index contributed by atoms with van der Waals surface area (Å²) in [7, 11) is 5.55. The van der Waals surface area contributed by atoms with Crippen LogP contribution in [0.1, 0.15) is 45.2 Å². The third-order valence-electron chi connectivity index (χ3n) is 6.20. The Morgan fingerprint density at radius 2 is 1.80 bits per heavy atom. The molecule has 0 saturated carbocycles. The number of hydrogen-bond donors (Lipinski definition) is 1. The van der Waals surface area contributed by atoms with Crippen LogP contribution in [0, 0.1) is 25.6 Å². The second-order valence-electron chi connectivity index (χ2n) is 10.4. The average Bonchev–Trinajstić information content (AvgIpc) is 3.32. The number of ether oxygens (including phenoxy) is 1. The number of rotatable bonds is 7. The molecule has 0 bridgehead atoms. The van der Waals surface area contributed by atoms with E-state index in [0.717, 1.165) is 29.3 Å². The van der Waals surface area contributed by atoms with Gasteiger partial charge in [0.1, 0.15) is 29.4 Å². The van der Waals surface area contributed by atoms with Crippen LogP contribution in [0.25, 0.3) is 28.0 Å². The van der Waals surface area contributed by atoms with Crippen LogP contribution in [-0.4, -0.2) is 58.2 Å². The minimum absolute atomic E-state index is 0.108. The molecule has 0 saturated heterocycles. The minimum Gasteiger partial charge on any atom is -0.496 e. The molecule has 0 radical (unpaired) electrons. The lowest BCUT2D eigenvalue weighted by molar-refractivity contribution is -0.112. The Morgan fingerprint density at radius 3 is 2.37 bits per heavy atom. The van der Waals surface area contributed by atoms with Crippen molar-refractivity contribution >= 4 is 22.6 Å². The summed E-state index contributed by atoms with van der Waals surface area (Å²) in [6.07, 6.45) is 6.13. The van der Waals surface area contributed by atoms with Crippen molar-refractivity contribution < 1.29 is 13.9 Å².